The zero-order valence-corrected chi connectivity index (χ0v) is 12.9. The van der Waals surface area contributed by atoms with Crippen LogP contribution in [0.4, 0.5) is 9.18 Å². The number of hydrogen-bond acceptors (Lipinski definition) is 2. The summed E-state index contributed by atoms with van der Waals surface area (Å²) in [5, 5.41) is 3.01. The Morgan fingerprint density at radius 3 is 2.35 bits per heavy atom. The van der Waals surface area contributed by atoms with Crippen molar-refractivity contribution in [1.29, 1.82) is 0 Å². The molecule has 0 radical (unpaired) electrons. The Hall–Kier alpha value is -2.36. The second-order valence-electron chi connectivity index (χ2n) is 5.98. The molecule has 3 rings (SSSR count). The highest BCUT2D eigenvalue weighted by atomic mass is 19.1. The Labute approximate surface area is 135 Å². The number of carbonyl (C=O) groups excluding carboxylic acids is 1. The van der Waals surface area contributed by atoms with E-state index in [9.17, 15) is 9.18 Å². The smallest absolute Gasteiger partial charge is 0.408 e. The second kappa shape index (κ2) is 6.82. The Kier molecular flexibility index (Phi) is 4.60. The Morgan fingerprint density at radius 2 is 1.70 bits per heavy atom. The molecule has 0 bridgehead atoms. The molecule has 0 unspecified atom stereocenters. The first-order valence-corrected chi connectivity index (χ1v) is 7.93. The molecule has 0 heterocycles. The zero-order valence-electron chi connectivity index (χ0n) is 12.9. The number of alkyl carbamates (subject to hydrolysis) is 1. The van der Waals surface area contributed by atoms with Gasteiger partial charge in [-0.05, 0) is 36.1 Å². The summed E-state index contributed by atoms with van der Waals surface area (Å²) in [5.74, 6) is -0.270. The minimum absolute atomic E-state index is 0.242. The standard InChI is InChI=1S/C19H20FNO2/c20-17-10-8-16(9-11-17)19(12-4-5-13-19)21-18(22)23-14-15-6-2-1-3-7-15/h1-3,6-11H,4-5,12-14H2,(H,21,22). The largest absolute Gasteiger partial charge is 0.445 e. The molecule has 2 aromatic rings. The van der Waals surface area contributed by atoms with Crippen LogP contribution < -0.4 is 5.32 Å². The molecule has 1 fully saturated rings. The van der Waals surface area contributed by atoms with E-state index in [2.05, 4.69) is 5.32 Å². The molecule has 120 valence electrons. The lowest BCUT2D eigenvalue weighted by molar-refractivity contribution is 0.126. The monoisotopic (exact) mass is 313 g/mol. The van der Waals surface area contributed by atoms with Crippen molar-refractivity contribution in [3.8, 4) is 0 Å². The van der Waals surface area contributed by atoms with Crippen molar-refractivity contribution in [2.75, 3.05) is 0 Å². The van der Waals surface area contributed by atoms with Crippen LogP contribution in [0.25, 0.3) is 0 Å². The maximum Gasteiger partial charge on any atom is 0.408 e. The van der Waals surface area contributed by atoms with Gasteiger partial charge in [0.15, 0.2) is 0 Å². The van der Waals surface area contributed by atoms with Crippen molar-refractivity contribution >= 4 is 6.09 Å². The molecule has 0 atom stereocenters. The number of benzene rings is 2. The van der Waals surface area contributed by atoms with E-state index in [4.69, 9.17) is 4.74 Å². The van der Waals surface area contributed by atoms with Gasteiger partial charge in [-0.15, -0.1) is 0 Å². The van der Waals surface area contributed by atoms with Gasteiger partial charge in [0.05, 0.1) is 5.54 Å². The van der Waals surface area contributed by atoms with Crippen LogP contribution in [-0.2, 0) is 16.9 Å². The number of hydrogen-bond donors (Lipinski definition) is 1. The van der Waals surface area contributed by atoms with Crippen LogP contribution in [0, 0.1) is 5.82 Å². The van der Waals surface area contributed by atoms with Crippen molar-refractivity contribution in [2.24, 2.45) is 0 Å². The van der Waals surface area contributed by atoms with Crippen molar-refractivity contribution in [3.05, 3.63) is 71.5 Å². The SMILES string of the molecule is O=C(NC1(c2ccc(F)cc2)CCCC1)OCc1ccccc1. The molecule has 23 heavy (non-hydrogen) atoms. The highest BCUT2D eigenvalue weighted by Crippen LogP contribution is 2.38. The van der Waals surface area contributed by atoms with E-state index in [-0.39, 0.29) is 12.4 Å². The van der Waals surface area contributed by atoms with Crippen LogP contribution in [-0.4, -0.2) is 6.09 Å². The predicted molar refractivity (Wildman–Crippen MR) is 86.3 cm³/mol. The Morgan fingerprint density at radius 1 is 1.04 bits per heavy atom. The van der Waals surface area contributed by atoms with Crippen molar-refractivity contribution in [1.82, 2.24) is 5.32 Å². The topological polar surface area (TPSA) is 38.3 Å². The summed E-state index contributed by atoms with van der Waals surface area (Å²) in [5.41, 5.74) is 1.44. The molecule has 2 aromatic carbocycles. The molecule has 1 aliphatic carbocycles. The molecular formula is C19H20FNO2. The van der Waals surface area contributed by atoms with Crippen LogP contribution in [0.3, 0.4) is 0 Å². The maximum absolute atomic E-state index is 13.2. The van der Waals surface area contributed by atoms with E-state index in [0.717, 1.165) is 36.8 Å². The van der Waals surface area contributed by atoms with Crippen LogP contribution in [0.15, 0.2) is 54.6 Å². The van der Waals surface area contributed by atoms with E-state index in [1.54, 1.807) is 12.1 Å². The van der Waals surface area contributed by atoms with Crippen LogP contribution in [0.1, 0.15) is 36.8 Å². The van der Waals surface area contributed by atoms with Gasteiger partial charge >= 0.3 is 6.09 Å². The summed E-state index contributed by atoms with van der Waals surface area (Å²) < 4.78 is 18.5. The van der Waals surface area contributed by atoms with Crippen molar-refractivity contribution in [3.63, 3.8) is 0 Å². The third kappa shape index (κ3) is 3.70. The fraction of sp³-hybridized carbons (Fsp3) is 0.316. The van der Waals surface area contributed by atoms with Crippen molar-refractivity contribution in [2.45, 2.75) is 37.8 Å². The van der Waals surface area contributed by atoms with Crippen molar-refractivity contribution < 1.29 is 13.9 Å². The Balaban J connectivity index is 1.67. The van der Waals surface area contributed by atoms with E-state index >= 15 is 0 Å². The predicted octanol–water partition coefficient (Wildman–Crippen LogP) is 4.52. The summed E-state index contributed by atoms with van der Waals surface area (Å²) in [6.45, 7) is 0.242. The van der Waals surface area contributed by atoms with Crippen LogP contribution >= 0.6 is 0 Å². The first kappa shape index (κ1) is 15.5. The minimum Gasteiger partial charge on any atom is -0.445 e. The van der Waals surface area contributed by atoms with Gasteiger partial charge in [0, 0.05) is 0 Å². The summed E-state index contributed by atoms with van der Waals surface area (Å²) in [7, 11) is 0. The molecule has 0 aromatic heterocycles. The van der Waals surface area contributed by atoms with Crippen LogP contribution in [0.5, 0.6) is 0 Å². The minimum atomic E-state index is -0.443. The summed E-state index contributed by atoms with van der Waals surface area (Å²) in [6.07, 6.45) is 3.34. The fourth-order valence-electron chi connectivity index (χ4n) is 3.19. The maximum atomic E-state index is 13.2. The second-order valence-corrected chi connectivity index (χ2v) is 5.98. The molecule has 0 aliphatic heterocycles. The van der Waals surface area contributed by atoms with Gasteiger partial charge in [0.1, 0.15) is 12.4 Å². The highest BCUT2D eigenvalue weighted by molar-refractivity contribution is 5.69. The first-order chi connectivity index (χ1) is 11.2. The lowest BCUT2D eigenvalue weighted by Crippen LogP contribution is -2.44. The van der Waals surface area contributed by atoms with E-state index in [1.807, 2.05) is 30.3 Å². The molecule has 3 nitrogen and oxygen atoms in total. The molecule has 4 heteroatoms. The third-order valence-corrected chi connectivity index (χ3v) is 4.41. The number of nitrogens with one attached hydrogen (secondary N) is 1. The molecular weight excluding hydrogens is 293 g/mol. The molecule has 1 saturated carbocycles. The number of rotatable bonds is 4. The van der Waals surface area contributed by atoms with Gasteiger partial charge in [0.25, 0.3) is 0 Å². The quantitative estimate of drug-likeness (QED) is 0.901. The molecule has 1 N–H and O–H groups in total. The van der Waals surface area contributed by atoms with Gasteiger partial charge < -0.3 is 10.1 Å². The number of halogens is 1. The van der Waals surface area contributed by atoms with Gasteiger partial charge in [-0.1, -0.05) is 55.3 Å². The van der Waals surface area contributed by atoms with Gasteiger partial charge in [0.2, 0.25) is 0 Å². The number of amides is 1. The summed E-state index contributed by atoms with van der Waals surface area (Å²) >= 11 is 0. The molecule has 0 spiro atoms. The lowest BCUT2D eigenvalue weighted by atomic mass is 9.88. The normalized spacial score (nSPS) is 16.0. The van der Waals surface area contributed by atoms with E-state index in [0.29, 0.717) is 0 Å². The van der Waals surface area contributed by atoms with E-state index < -0.39 is 11.6 Å². The molecule has 0 saturated heterocycles. The first-order valence-electron chi connectivity index (χ1n) is 7.93. The fourth-order valence-corrected chi connectivity index (χ4v) is 3.19. The van der Waals surface area contributed by atoms with Gasteiger partial charge in [-0.25, -0.2) is 9.18 Å². The zero-order chi connectivity index (χ0) is 16.1. The lowest BCUT2D eigenvalue weighted by Gasteiger charge is -2.30. The highest BCUT2D eigenvalue weighted by Gasteiger charge is 2.37. The van der Waals surface area contributed by atoms with Crippen LogP contribution in [0.2, 0.25) is 0 Å². The average Bonchev–Trinajstić information content (AvgIpc) is 3.04. The number of carbonyl (C=O) groups is 1. The third-order valence-electron chi connectivity index (χ3n) is 4.41. The van der Waals surface area contributed by atoms with E-state index in [1.165, 1.54) is 12.1 Å². The molecule has 1 aliphatic rings. The summed E-state index contributed by atoms with van der Waals surface area (Å²) in [6, 6.07) is 15.9. The Bertz CT molecular complexity index is 649. The average molecular weight is 313 g/mol. The number of ether oxygens (including phenoxy) is 1. The van der Waals surface area contributed by atoms with Gasteiger partial charge in [-0.2, -0.15) is 0 Å². The van der Waals surface area contributed by atoms with Gasteiger partial charge in [-0.3, -0.25) is 0 Å². The summed E-state index contributed by atoms with van der Waals surface area (Å²) in [4.78, 5) is 12.2. The molecule has 1 amide bonds.